The number of halogens is 3. The normalized spacial score (nSPS) is 32.3. The Morgan fingerprint density at radius 1 is 1.25 bits per heavy atom. The Hall–Kier alpha value is -0.820. The molecule has 3 N–H and O–H groups in total. The minimum atomic E-state index is -4.69. The number of aliphatic hydroxyl groups excluding tert-OH is 1. The first-order valence-electron chi connectivity index (χ1n) is 7.16. The molecule has 4 nitrogen and oxygen atoms in total. The Labute approximate surface area is 116 Å². The lowest BCUT2D eigenvalue weighted by molar-refractivity contribution is -0.201. The predicted molar refractivity (Wildman–Crippen MR) is 67.0 cm³/mol. The Kier molecular flexibility index (Phi) is 4.90. The van der Waals surface area contributed by atoms with Gasteiger partial charge in [0.15, 0.2) is 6.10 Å². The van der Waals surface area contributed by atoms with Crippen molar-refractivity contribution in [2.75, 3.05) is 6.54 Å². The number of hydrogen-bond donors (Lipinski definition) is 3. The smallest absolute Gasteiger partial charge is 0.382 e. The van der Waals surface area contributed by atoms with E-state index in [0.717, 1.165) is 19.3 Å². The van der Waals surface area contributed by atoms with Crippen molar-refractivity contribution < 1.29 is 23.1 Å². The zero-order chi connectivity index (χ0) is 14.8. The van der Waals surface area contributed by atoms with E-state index in [1.165, 1.54) is 12.8 Å². The van der Waals surface area contributed by atoms with Crippen molar-refractivity contribution in [3.8, 4) is 0 Å². The van der Waals surface area contributed by atoms with Crippen LogP contribution in [0.4, 0.5) is 13.2 Å². The number of rotatable bonds is 3. The first-order valence-corrected chi connectivity index (χ1v) is 7.16. The summed E-state index contributed by atoms with van der Waals surface area (Å²) in [5.74, 6) is 0.144. The summed E-state index contributed by atoms with van der Waals surface area (Å²) in [4.78, 5) is 11.9. The van der Waals surface area contributed by atoms with Crippen LogP contribution >= 0.6 is 0 Å². The molecule has 20 heavy (non-hydrogen) atoms. The van der Waals surface area contributed by atoms with E-state index >= 15 is 0 Å². The molecule has 1 saturated heterocycles. The van der Waals surface area contributed by atoms with Crippen molar-refractivity contribution in [1.29, 1.82) is 0 Å². The second-order valence-corrected chi connectivity index (χ2v) is 5.75. The van der Waals surface area contributed by atoms with Gasteiger partial charge >= 0.3 is 6.18 Å². The van der Waals surface area contributed by atoms with Crippen LogP contribution in [0.3, 0.4) is 0 Å². The van der Waals surface area contributed by atoms with Crippen molar-refractivity contribution in [2.24, 2.45) is 5.92 Å². The summed E-state index contributed by atoms with van der Waals surface area (Å²) in [7, 11) is 0. The van der Waals surface area contributed by atoms with E-state index in [-0.39, 0.29) is 0 Å². The molecule has 2 aliphatic rings. The van der Waals surface area contributed by atoms with Crippen LogP contribution in [0.2, 0.25) is 0 Å². The molecule has 2 fully saturated rings. The number of nitrogens with one attached hydrogen (secondary N) is 2. The van der Waals surface area contributed by atoms with E-state index < -0.39 is 30.8 Å². The molecule has 0 radical (unpaired) electrons. The fourth-order valence-electron chi connectivity index (χ4n) is 3.14. The second kappa shape index (κ2) is 6.30. The van der Waals surface area contributed by atoms with Gasteiger partial charge in [-0.15, -0.1) is 0 Å². The molecule has 1 saturated carbocycles. The summed E-state index contributed by atoms with van der Waals surface area (Å²) in [5, 5.41) is 14.3. The number of carbonyl (C=O) groups is 1. The van der Waals surface area contributed by atoms with E-state index in [2.05, 4.69) is 10.6 Å². The van der Waals surface area contributed by atoms with Gasteiger partial charge in [0.1, 0.15) is 0 Å². The fourth-order valence-corrected chi connectivity index (χ4v) is 3.14. The largest absolute Gasteiger partial charge is 0.416 e. The summed E-state index contributed by atoms with van der Waals surface area (Å²) in [5.41, 5.74) is 0. The van der Waals surface area contributed by atoms with E-state index in [1.807, 2.05) is 0 Å². The highest BCUT2D eigenvalue weighted by Crippen LogP contribution is 2.32. The SMILES string of the molecule is O=C(NCC(O)C(F)(F)F)C1CCC2CCCCC2N1. The van der Waals surface area contributed by atoms with Gasteiger partial charge in [0.05, 0.1) is 12.6 Å². The molecular weight excluding hydrogens is 273 g/mol. The number of hydrogen-bond acceptors (Lipinski definition) is 3. The van der Waals surface area contributed by atoms with Crippen molar-refractivity contribution in [1.82, 2.24) is 10.6 Å². The third-order valence-electron chi connectivity index (χ3n) is 4.31. The Bertz CT molecular complexity index is 349. The molecule has 1 heterocycles. The molecule has 0 aromatic heterocycles. The average Bonchev–Trinajstić information content (AvgIpc) is 2.42. The molecule has 0 aromatic carbocycles. The standard InChI is InChI=1S/C13H21F3N2O2/c14-13(15,16)11(19)7-17-12(20)10-6-5-8-3-1-2-4-9(8)18-10/h8-11,18-19H,1-7H2,(H,17,20). The van der Waals surface area contributed by atoms with Gasteiger partial charge in [-0.3, -0.25) is 4.79 Å². The summed E-state index contributed by atoms with van der Waals surface area (Å²) in [6.07, 6.45) is -1.06. The van der Waals surface area contributed by atoms with Crippen molar-refractivity contribution >= 4 is 5.91 Å². The van der Waals surface area contributed by atoms with Gasteiger partial charge in [0.2, 0.25) is 5.91 Å². The van der Waals surface area contributed by atoms with Crippen molar-refractivity contribution in [2.45, 2.75) is 62.9 Å². The Morgan fingerprint density at radius 3 is 2.65 bits per heavy atom. The molecule has 116 valence electrons. The number of piperidine rings is 1. The zero-order valence-electron chi connectivity index (χ0n) is 11.2. The molecule has 1 amide bonds. The van der Waals surface area contributed by atoms with E-state index in [9.17, 15) is 18.0 Å². The number of amides is 1. The van der Waals surface area contributed by atoms with Crippen LogP contribution in [0.25, 0.3) is 0 Å². The quantitative estimate of drug-likeness (QED) is 0.736. The van der Waals surface area contributed by atoms with Crippen LogP contribution in [-0.4, -0.2) is 41.9 Å². The maximum absolute atomic E-state index is 12.1. The van der Waals surface area contributed by atoms with Crippen LogP contribution in [0.5, 0.6) is 0 Å². The fraction of sp³-hybridized carbons (Fsp3) is 0.923. The zero-order valence-corrected chi connectivity index (χ0v) is 11.2. The highest BCUT2D eigenvalue weighted by molar-refractivity contribution is 5.81. The molecule has 4 unspecified atom stereocenters. The first kappa shape index (κ1) is 15.6. The summed E-state index contributed by atoms with van der Waals surface area (Å²) >= 11 is 0. The lowest BCUT2D eigenvalue weighted by atomic mass is 9.77. The third-order valence-corrected chi connectivity index (χ3v) is 4.31. The Balaban J connectivity index is 1.78. The van der Waals surface area contributed by atoms with E-state index in [0.29, 0.717) is 18.4 Å². The predicted octanol–water partition coefficient (Wildman–Crippen LogP) is 1.34. The molecule has 0 aromatic rings. The minimum absolute atomic E-state index is 0.306. The van der Waals surface area contributed by atoms with Gasteiger partial charge in [0.25, 0.3) is 0 Å². The van der Waals surface area contributed by atoms with Crippen LogP contribution in [0.15, 0.2) is 0 Å². The average molecular weight is 294 g/mol. The summed E-state index contributed by atoms with van der Waals surface area (Å²) < 4.78 is 36.4. The van der Waals surface area contributed by atoms with Gasteiger partial charge in [-0.05, 0) is 31.6 Å². The van der Waals surface area contributed by atoms with Gasteiger partial charge in [-0.1, -0.05) is 12.8 Å². The monoisotopic (exact) mass is 294 g/mol. The molecule has 1 aliphatic heterocycles. The van der Waals surface area contributed by atoms with E-state index in [1.54, 1.807) is 0 Å². The number of fused-ring (bicyclic) bond motifs is 1. The number of carbonyl (C=O) groups excluding carboxylic acids is 1. The van der Waals surface area contributed by atoms with Gasteiger partial charge in [-0.2, -0.15) is 13.2 Å². The molecule has 0 bridgehead atoms. The lowest BCUT2D eigenvalue weighted by Gasteiger charge is -2.40. The molecule has 4 atom stereocenters. The summed E-state index contributed by atoms with van der Waals surface area (Å²) in [6.45, 7) is -0.783. The van der Waals surface area contributed by atoms with Crippen molar-refractivity contribution in [3.05, 3.63) is 0 Å². The molecule has 2 rings (SSSR count). The van der Waals surface area contributed by atoms with Gasteiger partial charge < -0.3 is 15.7 Å². The molecule has 1 aliphatic carbocycles. The molecule has 0 spiro atoms. The van der Waals surface area contributed by atoms with Gasteiger partial charge in [0, 0.05) is 6.04 Å². The van der Waals surface area contributed by atoms with E-state index in [4.69, 9.17) is 5.11 Å². The minimum Gasteiger partial charge on any atom is -0.382 e. The summed E-state index contributed by atoms with van der Waals surface area (Å²) in [6, 6.07) is -0.129. The van der Waals surface area contributed by atoms with Crippen molar-refractivity contribution in [3.63, 3.8) is 0 Å². The van der Waals surface area contributed by atoms with Crippen LogP contribution in [0, 0.1) is 5.92 Å². The van der Waals surface area contributed by atoms with Crippen LogP contribution in [-0.2, 0) is 4.79 Å². The molecular formula is C13H21F3N2O2. The maximum Gasteiger partial charge on any atom is 0.416 e. The topological polar surface area (TPSA) is 61.4 Å². The molecule has 7 heteroatoms. The highest BCUT2D eigenvalue weighted by atomic mass is 19.4. The van der Waals surface area contributed by atoms with Gasteiger partial charge in [-0.25, -0.2) is 0 Å². The Morgan fingerprint density at radius 2 is 1.95 bits per heavy atom. The maximum atomic E-state index is 12.1. The third kappa shape index (κ3) is 3.85. The van der Waals surface area contributed by atoms with Crippen LogP contribution in [0.1, 0.15) is 38.5 Å². The highest BCUT2D eigenvalue weighted by Gasteiger charge is 2.39. The van der Waals surface area contributed by atoms with Crippen LogP contribution < -0.4 is 10.6 Å². The lowest BCUT2D eigenvalue weighted by Crippen LogP contribution is -2.56. The first-order chi connectivity index (χ1) is 9.38. The number of aliphatic hydroxyl groups is 1. The number of alkyl halides is 3. The second-order valence-electron chi connectivity index (χ2n) is 5.75.